The van der Waals surface area contributed by atoms with Crippen molar-refractivity contribution in [2.75, 3.05) is 31.1 Å². The molecular weight excluding hydrogens is 336 g/mol. The van der Waals surface area contributed by atoms with Gasteiger partial charge in [-0.1, -0.05) is 5.21 Å². The number of piperidine rings is 1. The first kappa shape index (κ1) is 16.7. The average Bonchev–Trinajstić information content (AvgIpc) is 3.04. The molecule has 0 aromatic carbocycles. The minimum absolute atomic E-state index is 0.0497. The Labute approximate surface area is 150 Å². The maximum atomic E-state index is 12.7. The molecule has 4 rings (SSSR count). The van der Waals surface area contributed by atoms with Gasteiger partial charge < -0.3 is 15.5 Å². The Bertz CT molecular complexity index is 836. The van der Waals surface area contributed by atoms with E-state index in [0.717, 1.165) is 5.82 Å². The minimum atomic E-state index is -0.264. The summed E-state index contributed by atoms with van der Waals surface area (Å²) in [4.78, 5) is 36.4. The number of primary amides is 1. The maximum Gasteiger partial charge on any atom is 0.229 e. The van der Waals surface area contributed by atoms with E-state index in [4.69, 9.17) is 5.73 Å². The number of fused-ring (bicyclic) bond motifs is 1. The average molecular weight is 358 g/mol. The Kier molecular flexibility index (Phi) is 4.17. The number of aryl methyl sites for hydroxylation is 1. The van der Waals surface area contributed by atoms with Crippen molar-refractivity contribution in [3.05, 3.63) is 6.33 Å². The fourth-order valence-corrected chi connectivity index (χ4v) is 3.67. The van der Waals surface area contributed by atoms with Crippen LogP contribution in [0.3, 0.4) is 0 Å². The third kappa shape index (κ3) is 2.74. The number of anilines is 1. The van der Waals surface area contributed by atoms with E-state index in [2.05, 4.69) is 20.3 Å². The smallest absolute Gasteiger partial charge is 0.229 e. The first-order valence-corrected chi connectivity index (χ1v) is 8.95. The Hall–Kier alpha value is -2.78. The summed E-state index contributed by atoms with van der Waals surface area (Å²) >= 11 is 0. The first-order chi connectivity index (χ1) is 12.6. The van der Waals surface area contributed by atoms with Gasteiger partial charge in [-0.2, -0.15) is 0 Å². The Morgan fingerprint density at radius 2 is 1.92 bits per heavy atom. The first-order valence-electron chi connectivity index (χ1n) is 8.95. The van der Waals surface area contributed by atoms with E-state index in [1.165, 1.54) is 6.33 Å². The largest absolute Gasteiger partial charge is 0.369 e. The van der Waals surface area contributed by atoms with Crippen LogP contribution in [0, 0.1) is 11.8 Å². The fourth-order valence-electron chi connectivity index (χ4n) is 3.67. The fraction of sp³-hybridized carbons (Fsp3) is 0.625. The lowest BCUT2D eigenvalue weighted by atomic mass is 9.93. The molecule has 138 valence electrons. The van der Waals surface area contributed by atoms with Crippen LogP contribution in [-0.2, 0) is 16.1 Å². The number of amides is 2. The van der Waals surface area contributed by atoms with Gasteiger partial charge in [-0.05, 0) is 19.8 Å². The molecule has 2 fully saturated rings. The van der Waals surface area contributed by atoms with Crippen molar-refractivity contribution in [3.8, 4) is 0 Å². The standard InChI is InChI=1S/C16H22N8O2/c1-2-24-15-12(20-21-24)14(18-9-19-15)23-7-11(8-23)16(26)22-5-3-10(4-6-22)13(17)25/h9-11H,2-8H2,1H3,(H2,17,25). The van der Waals surface area contributed by atoms with Crippen LogP contribution in [-0.4, -0.2) is 67.9 Å². The summed E-state index contributed by atoms with van der Waals surface area (Å²) in [6.45, 7) is 5.10. The van der Waals surface area contributed by atoms with Gasteiger partial charge in [0.05, 0.1) is 5.92 Å². The topological polar surface area (TPSA) is 123 Å². The van der Waals surface area contributed by atoms with Crippen LogP contribution in [0.25, 0.3) is 11.2 Å². The number of hydrogen-bond acceptors (Lipinski definition) is 7. The number of nitrogens with two attached hydrogens (primary N) is 1. The Morgan fingerprint density at radius 3 is 2.58 bits per heavy atom. The molecule has 4 heterocycles. The van der Waals surface area contributed by atoms with E-state index < -0.39 is 0 Å². The van der Waals surface area contributed by atoms with Gasteiger partial charge in [0.15, 0.2) is 17.0 Å². The molecule has 2 aliphatic rings. The quantitative estimate of drug-likeness (QED) is 0.774. The number of rotatable bonds is 4. The molecular formula is C16H22N8O2. The Morgan fingerprint density at radius 1 is 1.19 bits per heavy atom. The molecule has 10 heteroatoms. The molecule has 0 saturated carbocycles. The number of carbonyl (C=O) groups excluding carboxylic acids is 2. The second-order valence-electron chi connectivity index (χ2n) is 6.88. The molecule has 2 N–H and O–H groups in total. The highest BCUT2D eigenvalue weighted by atomic mass is 16.2. The summed E-state index contributed by atoms with van der Waals surface area (Å²) in [5.41, 5.74) is 6.73. The zero-order valence-corrected chi connectivity index (χ0v) is 14.7. The lowest BCUT2D eigenvalue weighted by molar-refractivity contribution is -0.139. The van der Waals surface area contributed by atoms with Gasteiger partial charge in [-0.25, -0.2) is 14.6 Å². The van der Waals surface area contributed by atoms with Crippen molar-refractivity contribution in [2.24, 2.45) is 17.6 Å². The van der Waals surface area contributed by atoms with Crippen LogP contribution in [0.4, 0.5) is 5.82 Å². The molecule has 0 bridgehead atoms. The van der Waals surface area contributed by atoms with Crippen molar-refractivity contribution < 1.29 is 9.59 Å². The highest BCUT2D eigenvalue weighted by molar-refractivity contribution is 5.87. The monoisotopic (exact) mass is 358 g/mol. The lowest BCUT2D eigenvalue weighted by Gasteiger charge is -2.42. The molecule has 26 heavy (non-hydrogen) atoms. The third-order valence-electron chi connectivity index (χ3n) is 5.32. The molecule has 2 aromatic heterocycles. The number of hydrogen-bond donors (Lipinski definition) is 1. The van der Waals surface area contributed by atoms with E-state index in [1.807, 2.05) is 16.7 Å². The summed E-state index contributed by atoms with van der Waals surface area (Å²) in [5, 5.41) is 8.27. The van der Waals surface area contributed by atoms with Crippen molar-refractivity contribution >= 4 is 28.8 Å². The maximum absolute atomic E-state index is 12.7. The molecule has 0 spiro atoms. The molecule has 2 aliphatic heterocycles. The van der Waals surface area contributed by atoms with E-state index >= 15 is 0 Å². The van der Waals surface area contributed by atoms with Crippen LogP contribution in [0.1, 0.15) is 19.8 Å². The Balaban J connectivity index is 1.39. The molecule has 0 unspecified atom stereocenters. The normalized spacial score (nSPS) is 19.0. The SMILES string of the molecule is CCn1nnc2c(N3CC(C(=O)N4CCC(C(N)=O)CC4)C3)ncnc21. The molecule has 0 aliphatic carbocycles. The third-order valence-corrected chi connectivity index (χ3v) is 5.32. The second kappa shape index (κ2) is 6.50. The number of carbonyl (C=O) groups is 2. The van der Waals surface area contributed by atoms with Crippen LogP contribution in [0.2, 0.25) is 0 Å². The highest BCUT2D eigenvalue weighted by Gasteiger charge is 2.38. The van der Waals surface area contributed by atoms with Crippen LogP contribution >= 0.6 is 0 Å². The molecule has 0 radical (unpaired) electrons. The number of nitrogens with zero attached hydrogens (tertiary/aromatic N) is 7. The van der Waals surface area contributed by atoms with Crippen LogP contribution in [0.5, 0.6) is 0 Å². The molecule has 0 atom stereocenters. The van der Waals surface area contributed by atoms with Crippen LogP contribution < -0.4 is 10.6 Å². The van der Waals surface area contributed by atoms with Gasteiger partial charge in [-0.15, -0.1) is 5.10 Å². The van der Waals surface area contributed by atoms with E-state index in [9.17, 15) is 9.59 Å². The molecule has 2 saturated heterocycles. The highest BCUT2D eigenvalue weighted by Crippen LogP contribution is 2.29. The number of likely N-dealkylation sites (tertiary alicyclic amines) is 1. The summed E-state index contributed by atoms with van der Waals surface area (Å²) < 4.78 is 1.73. The zero-order valence-electron chi connectivity index (χ0n) is 14.7. The number of aromatic nitrogens is 5. The van der Waals surface area contributed by atoms with Crippen LogP contribution in [0.15, 0.2) is 6.33 Å². The van der Waals surface area contributed by atoms with Gasteiger partial charge >= 0.3 is 0 Å². The summed E-state index contributed by atoms with van der Waals surface area (Å²) in [7, 11) is 0. The van der Waals surface area contributed by atoms with Gasteiger partial charge in [-0.3, -0.25) is 9.59 Å². The van der Waals surface area contributed by atoms with Crippen molar-refractivity contribution in [2.45, 2.75) is 26.3 Å². The molecule has 2 amide bonds. The molecule has 2 aromatic rings. The van der Waals surface area contributed by atoms with Crippen molar-refractivity contribution in [3.63, 3.8) is 0 Å². The van der Waals surface area contributed by atoms with Crippen molar-refractivity contribution in [1.82, 2.24) is 29.9 Å². The van der Waals surface area contributed by atoms with E-state index in [0.29, 0.717) is 56.7 Å². The predicted molar refractivity (Wildman–Crippen MR) is 93.0 cm³/mol. The molecule has 10 nitrogen and oxygen atoms in total. The lowest BCUT2D eigenvalue weighted by Crippen LogP contribution is -2.56. The van der Waals surface area contributed by atoms with Gasteiger partial charge in [0.2, 0.25) is 11.8 Å². The predicted octanol–water partition coefficient (Wildman–Crippen LogP) is -0.599. The van der Waals surface area contributed by atoms with Gasteiger partial charge in [0, 0.05) is 38.6 Å². The summed E-state index contributed by atoms with van der Waals surface area (Å²) in [6, 6.07) is 0. The van der Waals surface area contributed by atoms with E-state index in [1.54, 1.807) is 4.68 Å². The minimum Gasteiger partial charge on any atom is -0.369 e. The van der Waals surface area contributed by atoms with Crippen molar-refractivity contribution in [1.29, 1.82) is 0 Å². The summed E-state index contributed by atoms with van der Waals surface area (Å²) in [5.74, 6) is 0.455. The van der Waals surface area contributed by atoms with E-state index in [-0.39, 0.29) is 23.7 Å². The summed E-state index contributed by atoms with van der Waals surface area (Å²) in [6.07, 6.45) is 2.82. The second-order valence-corrected chi connectivity index (χ2v) is 6.88. The zero-order chi connectivity index (χ0) is 18.3. The van der Waals surface area contributed by atoms with Gasteiger partial charge in [0.25, 0.3) is 0 Å². The van der Waals surface area contributed by atoms with Gasteiger partial charge in [0.1, 0.15) is 6.33 Å².